The molecule has 0 aromatic rings. The van der Waals surface area contributed by atoms with Gasteiger partial charge in [0.15, 0.2) is 15.8 Å². The largest absolute Gasteiger partial charge is 0.444 e. The standard InChI is InChI=1S/C18H36N4O4S.HI/c1-14(12-21(8)16(23)26-17(2,3)4)11-20-15(19-7)22-9-10-27(24,25)18(5,6)13-22;/h14H,9-13H2,1-8H3,(H,19,20);1H. The fraction of sp³-hybridized carbons (Fsp3) is 0.889. The van der Waals surface area contributed by atoms with E-state index in [1.165, 1.54) is 0 Å². The molecule has 1 aliphatic rings. The van der Waals surface area contributed by atoms with Gasteiger partial charge in [-0.3, -0.25) is 4.99 Å². The second-order valence-corrected chi connectivity index (χ2v) is 11.6. The van der Waals surface area contributed by atoms with Crippen LogP contribution in [-0.4, -0.2) is 86.6 Å². The Morgan fingerprint density at radius 3 is 2.39 bits per heavy atom. The van der Waals surface area contributed by atoms with E-state index in [0.717, 1.165) is 0 Å². The van der Waals surface area contributed by atoms with Crippen LogP contribution in [0.2, 0.25) is 0 Å². The summed E-state index contributed by atoms with van der Waals surface area (Å²) >= 11 is 0. The summed E-state index contributed by atoms with van der Waals surface area (Å²) < 4.78 is 28.9. The van der Waals surface area contributed by atoms with Gasteiger partial charge in [-0.25, -0.2) is 13.2 Å². The van der Waals surface area contributed by atoms with Crippen LogP contribution in [0.1, 0.15) is 41.5 Å². The molecule has 28 heavy (non-hydrogen) atoms. The monoisotopic (exact) mass is 532 g/mol. The number of guanidine groups is 1. The molecular formula is C18H37IN4O4S. The van der Waals surface area contributed by atoms with Crippen LogP contribution in [0.3, 0.4) is 0 Å². The first kappa shape index (κ1) is 27.2. The van der Waals surface area contributed by atoms with Crippen LogP contribution in [0.5, 0.6) is 0 Å². The lowest BCUT2D eigenvalue weighted by Gasteiger charge is -2.39. The third kappa shape index (κ3) is 7.92. The molecule has 0 saturated carbocycles. The molecule has 1 unspecified atom stereocenters. The maximum absolute atomic E-state index is 12.2. The Morgan fingerprint density at radius 1 is 1.36 bits per heavy atom. The van der Waals surface area contributed by atoms with Crippen LogP contribution < -0.4 is 5.32 Å². The third-order valence-electron chi connectivity index (χ3n) is 4.45. The van der Waals surface area contributed by atoms with E-state index in [4.69, 9.17) is 4.74 Å². The van der Waals surface area contributed by atoms with E-state index in [-0.39, 0.29) is 41.7 Å². The molecule has 0 aromatic carbocycles. The molecule has 0 radical (unpaired) electrons. The molecule has 1 aliphatic heterocycles. The van der Waals surface area contributed by atoms with Gasteiger partial charge in [0, 0.05) is 40.3 Å². The van der Waals surface area contributed by atoms with E-state index in [2.05, 4.69) is 10.3 Å². The Morgan fingerprint density at radius 2 is 1.93 bits per heavy atom. The van der Waals surface area contributed by atoms with E-state index in [1.54, 1.807) is 32.8 Å². The minimum absolute atomic E-state index is 0. The number of sulfone groups is 1. The molecular weight excluding hydrogens is 495 g/mol. The molecule has 0 bridgehead atoms. The summed E-state index contributed by atoms with van der Waals surface area (Å²) in [6.07, 6.45) is -0.346. The number of hydrogen-bond donors (Lipinski definition) is 1. The van der Waals surface area contributed by atoms with E-state index >= 15 is 0 Å². The van der Waals surface area contributed by atoms with Crippen molar-refractivity contribution >= 4 is 45.9 Å². The predicted molar refractivity (Wildman–Crippen MR) is 124 cm³/mol. The number of nitrogens with zero attached hydrogens (tertiary/aromatic N) is 3. The van der Waals surface area contributed by atoms with E-state index < -0.39 is 20.2 Å². The summed E-state index contributed by atoms with van der Waals surface area (Å²) in [7, 11) is 0.320. The zero-order valence-corrected chi connectivity index (χ0v) is 21.6. The molecule has 1 saturated heterocycles. The van der Waals surface area contributed by atoms with Gasteiger partial charge in [0.1, 0.15) is 5.60 Å². The number of ether oxygens (including phenoxy) is 1. The summed E-state index contributed by atoms with van der Waals surface area (Å²) in [6.45, 7) is 13.0. The normalized spacial score (nSPS) is 20.0. The van der Waals surface area contributed by atoms with E-state index in [9.17, 15) is 13.2 Å². The van der Waals surface area contributed by atoms with Crippen LogP contribution in [0, 0.1) is 5.92 Å². The van der Waals surface area contributed by atoms with Crippen LogP contribution in [0.4, 0.5) is 4.79 Å². The topological polar surface area (TPSA) is 91.3 Å². The van der Waals surface area contributed by atoms with Gasteiger partial charge < -0.3 is 19.9 Å². The highest BCUT2D eigenvalue weighted by Gasteiger charge is 2.41. The highest BCUT2D eigenvalue weighted by Crippen LogP contribution is 2.23. The molecule has 1 amide bonds. The molecule has 1 heterocycles. The van der Waals surface area contributed by atoms with Gasteiger partial charge >= 0.3 is 6.09 Å². The Balaban J connectivity index is 0.00000729. The van der Waals surface area contributed by atoms with Gasteiger partial charge in [-0.1, -0.05) is 6.92 Å². The first-order valence-corrected chi connectivity index (χ1v) is 11.0. The average Bonchev–Trinajstić information content (AvgIpc) is 2.49. The molecule has 0 aliphatic carbocycles. The Bertz CT molecular complexity index is 659. The average molecular weight is 532 g/mol. The van der Waals surface area contributed by atoms with Crippen molar-refractivity contribution in [2.24, 2.45) is 10.9 Å². The third-order valence-corrected chi connectivity index (χ3v) is 6.99. The second-order valence-electron chi connectivity index (χ2n) is 8.89. The Kier molecular flexibility index (Phi) is 10.0. The number of nitrogens with one attached hydrogen (secondary N) is 1. The van der Waals surface area contributed by atoms with Crippen LogP contribution in [0.15, 0.2) is 4.99 Å². The Hall–Kier alpha value is -0.780. The van der Waals surface area contributed by atoms with Crippen LogP contribution >= 0.6 is 24.0 Å². The van der Waals surface area contributed by atoms with E-state index in [0.29, 0.717) is 32.1 Å². The summed E-state index contributed by atoms with van der Waals surface area (Å²) in [5.41, 5.74) is -0.518. The number of aliphatic imine (C=N–C) groups is 1. The molecule has 0 aromatic heterocycles. The maximum atomic E-state index is 12.2. The highest BCUT2D eigenvalue weighted by molar-refractivity contribution is 14.0. The number of hydrogen-bond acceptors (Lipinski definition) is 5. The number of rotatable bonds is 4. The molecule has 1 N–H and O–H groups in total. The molecule has 8 nitrogen and oxygen atoms in total. The van der Waals surface area contributed by atoms with Crippen molar-refractivity contribution in [3.63, 3.8) is 0 Å². The molecule has 1 atom stereocenters. The van der Waals surface area contributed by atoms with Crippen LogP contribution in [-0.2, 0) is 14.6 Å². The van der Waals surface area contributed by atoms with Gasteiger partial charge in [-0.05, 0) is 40.5 Å². The lowest BCUT2D eigenvalue weighted by atomic mass is 10.1. The zero-order valence-electron chi connectivity index (χ0n) is 18.4. The minimum Gasteiger partial charge on any atom is -0.444 e. The lowest BCUT2D eigenvalue weighted by molar-refractivity contribution is 0.0277. The van der Waals surface area contributed by atoms with E-state index in [1.807, 2.05) is 32.6 Å². The minimum atomic E-state index is -3.09. The van der Waals surface area contributed by atoms with Crippen molar-refractivity contribution in [2.75, 3.05) is 46.0 Å². The van der Waals surface area contributed by atoms with Crippen molar-refractivity contribution in [2.45, 2.75) is 51.9 Å². The van der Waals surface area contributed by atoms with Crippen molar-refractivity contribution < 1.29 is 17.9 Å². The molecule has 0 spiro atoms. The first-order chi connectivity index (χ1) is 12.2. The van der Waals surface area contributed by atoms with Gasteiger partial charge in [-0.15, -0.1) is 24.0 Å². The zero-order chi connectivity index (χ0) is 21.0. The second kappa shape index (κ2) is 10.3. The summed E-state index contributed by atoms with van der Waals surface area (Å²) in [5, 5.41) is 3.30. The summed E-state index contributed by atoms with van der Waals surface area (Å²) in [6, 6.07) is 0. The number of carbonyl (C=O) groups excluding carboxylic acids is 1. The highest BCUT2D eigenvalue weighted by atomic mass is 127. The number of halogens is 1. The molecule has 166 valence electrons. The van der Waals surface area contributed by atoms with Crippen molar-refractivity contribution in [3.8, 4) is 0 Å². The fourth-order valence-electron chi connectivity index (χ4n) is 2.87. The Labute approximate surface area is 187 Å². The number of carbonyl (C=O) groups is 1. The van der Waals surface area contributed by atoms with Gasteiger partial charge in [0.2, 0.25) is 0 Å². The SMILES string of the molecule is CN=C(NCC(C)CN(C)C(=O)OC(C)(C)C)N1CCS(=O)(=O)C(C)(C)C1.I. The van der Waals surface area contributed by atoms with Crippen molar-refractivity contribution in [3.05, 3.63) is 0 Å². The van der Waals surface area contributed by atoms with Gasteiger partial charge in [0.25, 0.3) is 0 Å². The predicted octanol–water partition coefficient (Wildman–Crippen LogP) is 2.19. The molecule has 10 heteroatoms. The maximum Gasteiger partial charge on any atom is 0.410 e. The lowest BCUT2D eigenvalue weighted by Crippen LogP contribution is -2.57. The van der Waals surface area contributed by atoms with Crippen LogP contribution in [0.25, 0.3) is 0 Å². The number of amides is 1. The molecule has 1 fully saturated rings. The first-order valence-electron chi connectivity index (χ1n) is 9.30. The summed E-state index contributed by atoms with van der Waals surface area (Å²) in [5.74, 6) is 0.975. The smallest absolute Gasteiger partial charge is 0.410 e. The van der Waals surface area contributed by atoms with Gasteiger partial charge in [-0.2, -0.15) is 0 Å². The van der Waals surface area contributed by atoms with Gasteiger partial charge in [0.05, 0.1) is 10.5 Å². The summed E-state index contributed by atoms with van der Waals surface area (Å²) in [4.78, 5) is 19.9. The fourth-order valence-corrected chi connectivity index (χ4v) is 4.23. The molecule has 1 rings (SSSR count). The quantitative estimate of drug-likeness (QED) is 0.339. The van der Waals surface area contributed by atoms with Crippen molar-refractivity contribution in [1.29, 1.82) is 0 Å². The van der Waals surface area contributed by atoms with Crippen molar-refractivity contribution in [1.82, 2.24) is 15.1 Å².